The van der Waals surface area contributed by atoms with Crippen molar-refractivity contribution in [3.05, 3.63) is 59.9 Å². The lowest BCUT2D eigenvalue weighted by molar-refractivity contribution is -0.147. The number of hydrogen-bond donors (Lipinski definition) is 1. The molecule has 30 heavy (non-hydrogen) atoms. The van der Waals surface area contributed by atoms with Crippen LogP contribution in [-0.2, 0) is 25.5 Å². The predicted molar refractivity (Wildman–Crippen MR) is 115 cm³/mol. The van der Waals surface area contributed by atoms with E-state index in [4.69, 9.17) is 4.74 Å². The molecule has 1 N–H and O–H groups in total. The van der Waals surface area contributed by atoms with Gasteiger partial charge in [0.1, 0.15) is 11.1 Å². The van der Waals surface area contributed by atoms with E-state index in [2.05, 4.69) is 5.32 Å². The number of benzene rings is 2. The number of fused-ring (bicyclic) bond motifs is 1. The molecule has 8 heteroatoms. The fourth-order valence-corrected chi connectivity index (χ4v) is 3.80. The van der Waals surface area contributed by atoms with Gasteiger partial charge in [0, 0.05) is 17.9 Å². The number of anilines is 2. The van der Waals surface area contributed by atoms with Gasteiger partial charge in [-0.25, -0.2) is 4.39 Å². The number of para-hydroxylation sites is 1. The second kappa shape index (κ2) is 10.2. The van der Waals surface area contributed by atoms with Gasteiger partial charge in [0.05, 0.1) is 5.75 Å². The summed E-state index contributed by atoms with van der Waals surface area (Å²) in [5.41, 5.74) is 2.45. The lowest BCUT2D eigenvalue weighted by Gasteiger charge is -2.29. The number of rotatable bonds is 7. The third-order valence-corrected chi connectivity index (χ3v) is 5.79. The van der Waals surface area contributed by atoms with Crippen LogP contribution >= 0.6 is 11.8 Å². The first-order chi connectivity index (χ1) is 14.4. The molecule has 0 radical (unpaired) electrons. The number of thioether (sulfide) groups is 1. The van der Waals surface area contributed by atoms with Gasteiger partial charge < -0.3 is 15.0 Å². The van der Waals surface area contributed by atoms with Crippen molar-refractivity contribution >= 4 is 40.9 Å². The van der Waals surface area contributed by atoms with Crippen molar-refractivity contribution < 1.29 is 23.5 Å². The summed E-state index contributed by atoms with van der Waals surface area (Å²) in [7, 11) is 0. The van der Waals surface area contributed by atoms with Gasteiger partial charge in [-0.2, -0.15) is 0 Å². The predicted octanol–water partition coefficient (Wildman–Crippen LogP) is 3.41. The van der Waals surface area contributed by atoms with Crippen molar-refractivity contribution in [3.63, 3.8) is 0 Å². The number of carbonyl (C=O) groups excluding carboxylic acids is 3. The van der Waals surface area contributed by atoms with Crippen LogP contribution in [0.4, 0.5) is 15.8 Å². The van der Waals surface area contributed by atoms with Crippen molar-refractivity contribution in [3.8, 4) is 0 Å². The van der Waals surface area contributed by atoms with Crippen LogP contribution in [0.2, 0.25) is 0 Å². The second-order valence-electron chi connectivity index (χ2n) is 6.89. The normalized spacial score (nSPS) is 13.9. The van der Waals surface area contributed by atoms with Crippen LogP contribution in [0, 0.1) is 5.82 Å². The zero-order chi connectivity index (χ0) is 21.5. The van der Waals surface area contributed by atoms with Crippen molar-refractivity contribution in [2.24, 2.45) is 0 Å². The van der Waals surface area contributed by atoms with Gasteiger partial charge in [-0.15, -0.1) is 11.8 Å². The first-order valence-corrected chi connectivity index (χ1v) is 10.7. The number of halogens is 1. The topological polar surface area (TPSA) is 75.7 Å². The molecule has 2 aromatic rings. The molecule has 1 aliphatic heterocycles. The number of nitrogens with one attached hydrogen (secondary N) is 1. The number of hydrogen-bond acceptors (Lipinski definition) is 5. The lowest BCUT2D eigenvalue weighted by atomic mass is 10.0. The molecule has 2 aromatic carbocycles. The second-order valence-corrected chi connectivity index (χ2v) is 8.22. The van der Waals surface area contributed by atoms with Crippen molar-refractivity contribution in [2.45, 2.75) is 25.0 Å². The molecule has 6 nitrogen and oxygen atoms in total. The molecule has 3 rings (SSSR count). The maximum atomic E-state index is 12.9. The fourth-order valence-electron chi connectivity index (χ4n) is 3.12. The minimum absolute atomic E-state index is 0.0289. The van der Waals surface area contributed by atoms with E-state index in [0.717, 1.165) is 35.9 Å². The van der Waals surface area contributed by atoms with Crippen LogP contribution in [0.25, 0.3) is 0 Å². The maximum Gasteiger partial charge on any atom is 0.319 e. The number of aryl methyl sites for hydroxylation is 1. The Morgan fingerprint density at radius 2 is 1.90 bits per heavy atom. The van der Waals surface area contributed by atoms with Crippen LogP contribution in [0.3, 0.4) is 0 Å². The van der Waals surface area contributed by atoms with E-state index in [1.807, 2.05) is 24.3 Å². The number of amides is 2. The number of carbonyl (C=O) groups is 3. The van der Waals surface area contributed by atoms with E-state index >= 15 is 0 Å². The molecule has 0 aromatic heterocycles. The van der Waals surface area contributed by atoms with Gasteiger partial charge >= 0.3 is 5.97 Å². The van der Waals surface area contributed by atoms with E-state index in [9.17, 15) is 18.8 Å². The van der Waals surface area contributed by atoms with E-state index in [1.54, 1.807) is 11.8 Å². The summed E-state index contributed by atoms with van der Waals surface area (Å²) in [6, 6.07) is 13.1. The molecule has 1 unspecified atom stereocenters. The van der Waals surface area contributed by atoms with Gasteiger partial charge in [-0.05, 0) is 55.7 Å². The lowest BCUT2D eigenvalue weighted by Crippen LogP contribution is -2.39. The molecule has 1 aliphatic rings. The Morgan fingerprint density at radius 3 is 2.67 bits per heavy atom. The van der Waals surface area contributed by atoms with Crippen LogP contribution < -0.4 is 10.2 Å². The van der Waals surface area contributed by atoms with E-state index in [1.165, 1.54) is 24.3 Å². The average Bonchev–Trinajstić information content (AvgIpc) is 2.76. The molecule has 1 atom stereocenters. The summed E-state index contributed by atoms with van der Waals surface area (Å²) < 4.78 is 18.1. The highest BCUT2D eigenvalue weighted by molar-refractivity contribution is 8.01. The summed E-state index contributed by atoms with van der Waals surface area (Å²) >= 11 is 1.11. The number of nitrogens with zero attached hydrogens (tertiary/aromatic N) is 1. The van der Waals surface area contributed by atoms with Crippen molar-refractivity contribution in [2.75, 3.05) is 29.1 Å². The molecule has 0 bridgehead atoms. The zero-order valence-corrected chi connectivity index (χ0v) is 17.4. The van der Waals surface area contributed by atoms with E-state index < -0.39 is 11.2 Å². The monoisotopic (exact) mass is 430 g/mol. The fraction of sp³-hybridized carbons (Fsp3) is 0.318. The smallest absolute Gasteiger partial charge is 0.319 e. The molecule has 0 aliphatic carbocycles. The number of ether oxygens (including phenoxy) is 1. The summed E-state index contributed by atoms with van der Waals surface area (Å²) in [6.45, 7) is 1.89. The largest absolute Gasteiger partial charge is 0.455 e. The molecule has 0 saturated heterocycles. The van der Waals surface area contributed by atoms with E-state index in [0.29, 0.717) is 12.2 Å². The average molecular weight is 431 g/mol. The SMILES string of the molecule is CC(SCC(=O)Nc1ccc(F)cc1)C(=O)OCC(=O)N1CCCc2ccccc21. The Kier molecular flexibility index (Phi) is 7.46. The Bertz CT molecular complexity index is 920. The third kappa shape index (κ3) is 5.82. The summed E-state index contributed by atoms with van der Waals surface area (Å²) in [5, 5.41) is 2.02. The minimum atomic E-state index is -0.606. The zero-order valence-electron chi connectivity index (χ0n) is 16.6. The summed E-state index contributed by atoms with van der Waals surface area (Å²) in [6.07, 6.45) is 1.79. The number of esters is 1. The van der Waals surface area contributed by atoms with Crippen LogP contribution in [-0.4, -0.2) is 41.9 Å². The highest BCUT2D eigenvalue weighted by Crippen LogP contribution is 2.26. The molecule has 2 amide bonds. The van der Waals surface area contributed by atoms with Gasteiger partial charge in [-0.1, -0.05) is 18.2 Å². The molecule has 0 fully saturated rings. The van der Waals surface area contributed by atoms with Crippen LogP contribution in [0.1, 0.15) is 18.9 Å². The molecular formula is C22H23FN2O4S. The first-order valence-electron chi connectivity index (χ1n) is 9.66. The quantitative estimate of drug-likeness (QED) is 0.682. The van der Waals surface area contributed by atoms with Gasteiger partial charge in [0.15, 0.2) is 6.61 Å². The molecular weight excluding hydrogens is 407 g/mol. The molecule has 158 valence electrons. The van der Waals surface area contributed by atoms with Crippen molar-refractivity contribution in [1.82, 2.24) is 0 Å². The Labute approximate surface area is 178 Å². The van der Waals surface area contributed by atoms with E-state index in [-0.39, 0.29) is 30.0 Å². The molecule has 1 heterocycles. The van der Waals surface area contributed by atoms with Crippen LogP contribution in [0.5, 0.6) is 0 Å². The minimum Gasteiger partial charge on any atom is -0.455 e. The standard InChI is InChI=1S/C22H23FN2O4S/c1-15(30-14-20(26)24-18-10-8-17(23)9-11-18)22(28)29-13-21(27)25-12-4-6-16-5-2-3-7-19(16)25/h2-3,5,7-11,15H,4,6,12-14H2,1H3,(H,24,26). The van der Waals surface area contributed by atoms with Crippen LogP contribution in [0.15, 0.2) is 48.5 Å². The van der Waals surface area contributed by atoms with Gasteiger partial charge in [0.25, 0.3) is 5.91 Å². The Morgan fingerprint density at radius 1 is 1.17 bits per heavy atom. The maximum absolute atomic E-state index is 12.9. The molecule has 0 saturated carbocycles. The van der Waals surface area contributed by atoms with Crippen molar-refractivity contribution in [1.29, 1.82) is 0 Å². The third-order valence-electron chi connectivity index (χ3n) is 4.67. The summed E-state index contributed by atoms with van der Waals surface area (Å²) in [4.78, 5) is 38.4. The van der Waals surface area contributed by atoms with Gasteiger partial charge in [-0.3, -0.25) is 14.4 Å². The Hall–Kier alpha value is -2.87. The Balaban J connectivity index is 1.43. The van der Waals surface area contributed by atoms with Gasteiger partial charge in [0.2, 0.25) is 5.91 Å². The molecule has 0 spiro atoms. The first kappa shape index (κ1) is 21.8. The summed E-state index contributed by atoms with van der Waals surface area (Å²) in [5.74, 6) is -1.48. The highest BCUT2D eigenvalue weighted by Gasteiger charge is 2.24. The highest BCUT2D eigenvalue weighted by atomic mass is 32.2.